The third-order valence-electron chi connectivity index (χ3n) is 3.64. The van der Waals surface area contributed by atoms with Crippen LogP contribution in [0.5, 0.6) is 11.5 Å². The average Bonchev–Trinajstić information content (AvgIpc) is 2.59. The van der Waals surface area contributed by atoms with Gasteiger partial charge in [-0.2, -0.15) is 0 Å². The zero-order valence-electron chi connectivity index (χ0n) is 13.2. The van der Waals surface area contributed by atoms with Crippen LogP contribution in [0.2, 0.25) is 0 Å². The smallest absolute Gasteiger partial charge is 0.142 e. The Morgan fingerprint density at radius 2 is 1.04 bits per heavy atom. The Morgan fingerprint density at radius 3 is 1.40 bits per heavy atom. The predicted octanol–water partition coefficient (Wildman–Crippen LogP) is 9.18. The van der Waals surface area contributed by atoms with Crippen molar-refractivity contribution in [2.24, 2.45) is 0 Å². The third-order valence-corrected chi connectivity index (χ3v) is 7.99. The van der Waals surface area contributed by atoms with Gasteiger partial charge in [0, 0.05) is 19.6 Å². The summed E-state index contributed by atoms with van der Waals surface area (Å²) in [6, 6.07) is 8.06. The maximum absolute atomic E-state index is 6.23. The van der Waals surface area contributed by atoms with Crippen molar-refractivity contribution in [1.82, 2.24) is 0 Å². The molecule has 0 fully saturated rings. The van der Waals surface area contributed by atoms with Gasteiger partial charge in [-0.3, -0.25) is 0 Å². The highest BCUT2D eigenvalue weighted by atomic mass is 79.9. The minimum absolute atomic E-state index is 0.822. The Morgan fingerprint density at radius 1 is 0.640 bits per heavy atom. The molecular weight excluding hydrogens is 712 g/mol. The van der Waals surface area contributed by atoms with Crippen LogP contribution in [0.15, 0.2) is 42.2 Å². The summed E-state index contributed by atoms with van der Waals surface area (Å²) in [5.41, 5.74) is 2.45. The highest BCUT2D eigenvalue weighted by Crippen LogP contribution is 2.41. The van der Waals surface area contributed by atoms with E-state index in [0.717, 1.165) is 65.7 Å². The second kappa shape index (κ2) is 11.2. The fraction of sp³-hybridized carbons (Fsp3) is 0.333. The first-order valence-corrected chi connectivity index (χ1v) is 13.1. The summed E-state index contributed by atoms with van der Waals surface area (Å²) < 4.78 is 10.4. The molecule has 0 atom stereocenters. The lowest BCUT2D eigenvalue weighted by Crippen LogP contribution is -1.96. The van der Waals surface area contributed by atoms with Crippen molar-refractivity contribution in [1.29, 1.82) is 0 Å². The Bertz CT molecular complexity index is 670. The molecule has 0 bridgehead atoms. The van der Waals surface area contributed by atoms with E-state index in [-0.39, 0.29) is 0 Å². The van der Waals surface area contributed by atoms with E-state index in [1.807, 2.05) is 24.3 Å². The normalized spacial score (nSPS) is 11.0. The summed E-state index contributed by atoms with van der Waals surface area (Å²) >= 11 is 21.7. The van der Waals surface area contributed by atoms with E-state index in [0.29, 0.717) is 0 Å². The van der Waals surface area contributed by atoms with Crippen LogP contribution in [0, 0.1) is 0 Å². The van der Waals surface area contributed by atoms with Gasteiger partial charge in [0.1, 0.15) is 11.5 Å². The molecule has 0 amide bonds. The topological polar surface area (TPSA) is 9.23 Å². The number of alkyl halides is 2. The fourth-order valence-electron chi connectivity index (χ4n) is 2.37. The maximum atomic E-state index is 6.23. The Balaban J connectivity index is 2.33. The molecule has 0 aliphatic rings. The van der Waals surface area contributed by atoms with Gasteiger partial charge in [-0.15, -0.1) is 0 Å². The van der Waals surface area contributed by atoms with E-state index in [2.05, 4.69) is 95.6 Å². The largest absolute Gasteiger partial charge is 0.455 e. The zero-order chi connectivity index (χ0) is 18.4. The Hall–Kier alpha value is 1.12. The minimum Gasteiger partial charge on any atom is -0.455 e. The molecule has 0 N–H and O–H groups in total. The van der Waals surface area contributed by atoms with Gasteiger partial charge in [0.05, 0.1) is 8.95 Å². The van der Waals surface area contributed by atoms with Crippen LogP contribution in [-0.2, 0) is 12.8 Å². The van der Waals surface area contributed by atoms with E-state index in [4.69, 9.17) is 4.74 Å². The van der Waals surface area contributed by atoms with Crippen molar-refractivity contribution in [3.63, 3.8) is 0 Å². The number of hydrogen-bond donors (Lipinski definition) is 0. The first-order chi connectivity index (χ1) is 12.0. The highest BCUT2D eigenvalue weighted by molar-refractivity contribution is 9.11. The van der Waals surface area contributed by atoms with Gasteiger partial charge < -0.3 is 4.74 Å². The molecule has 0 saturated carbocycles. The number of hydrogen-bond acceptors (Lipinski definition) is 1. The molecule has 7 heteroatoms. The number of rotatable bonds is 8. The van der Waals surface area contributed by atoms with E-state index in [1.54, 1.807) is 0 Å². The van der Waals surface area contributed by atoms with Gasteiger partial charge in [0.25, 0.3) is 0 Å². The molecule has 136 valence electrons. The maximum Gasteiger partial charge on any atom is 0.142 e. The molecule has 0 spiro atoms. The van der Waals surface area contributed by atoms with Gasteiger partial charge in [0.15, 0.2) is 0 Å². The van der Waals surface area contributed by atoms with Crippen molar-refractivity contribution < 1.29 is 4.74 Å². The van der Waals surface area contributed by atoms with E-state index >= 15 is 0 Å². The summed E-state index contributed by atoms with van der Waals surface area (Å²) in [5, 5.41) is 1.96. The zero-order valence-corrected chi connectivity index (χ0v) is 22.7. The second-order valence-corrected chi connectivity index (χ2v) is 10.2. The SMILES string of the molecule is BrCCCc1c(Br)ccc(Oc2ccc(Br)c(CCCBr)c2Br)c1Br. The summed E-state index contributed by atoms with van der Waals surface area (Å²) in [4.78, 5) is 0. The molecule has 25 heavy (non-hydrogen) atoms. The van der Waals surface area contributed by atoms with Gasteiger partial charge in [-0.25, -0.2) is 0 Å². The monoisotopic (exact) mass is 722 g/mol. The second-order valence-electron chi connectivity index (χ2n) is 5.36. The lowest BCUT2D eigenvalue weighted by molar-refractivity contribution is 0.474. The standard InChI is InChI=1S/C18H16Br6O/c19-9-1-3-11-13(21)5-7-15(17(11)23)25-16-8-6-14(22)12(18(16)24)4-2-10-20/h5-8H,1-4,9-10H2. The van der Waals surface area contributed by atoms with E-state index in [9.17, 15) is 0 Å². The van der Waals surface area contributed by atoms with Crippen molar-refractivity contribution in [3.05, 3.63) is 53.3 Å². The lowest BCUT2D eigenvalue weighted by atomic mass is 10.1. The summed E-state index contributed by atoms with van der Waals surface area (Å²) in [6.45, 7) is 0. The highest BCUT2D eigenvalue weighted by Gasteiger charge is 2.15. The van der Waals surface area contributed by atoms with Gasteiger partial charge in [-0.1, -0.05) is 63.7 Å². The molecule has 2 aromatic rings. The number of halogens is 6. The van der Waals surface area contributed by atoms with Crippen molar-refractivity contribution in [3.8, 4) is 11.5 Å². The fourth-order valence-corrected chi connectivity index (χ4v) is 5.77. The molecule has 0 radical (unpaired) electrons. The lowest BCUT2D eigenvalue weighted by Gasteiger charge is -2.16. The molecule has 0 unspecified atom stereocenters. The molecular formula is C18H16Br6O. The van der Waals surface area contributed by atoms with Crippen molar-refractivity contribution >= 4 is 95.6 Å². The Labute approximate surface area is 199 Å². The van der Waals surface area contributed by atoms with Crippen LogP contribution in [0.4, 0.5) is 0 Å². The first-order valence-electron chi connectivity index (χ1n) is 7.73. The number of benzene rings is 2. The molecule has 0 aliphatic carbocycles. The van der Waals surface area contributed by atoms with Crippen LogP contribution in [-0.4, -0.2) is 10.7 Å². The molecule has 0 aromatic heterocycles. The van der Waals surface area contributed by atoms with Crippen LogP contribution >= 0.6 is 95.6 Å². The Kier molecular flexibility index (Phi) is 10.0. The molecule has 0 saturated heterocycles. The van der Waals surface area contributed by atoms with E-state index in [1.165, 1.54) is 11.1 Å². The van der Waals surface area contributed by atoms with Gasteiger partial charge in [0.2, 0.25) is 0 Å². The molecule has 2 rings (SSSR count). The molecule has 1 nitrogen and oxygen atoms in total. The minimum atomic E-state index is 0.822. The summed E-state index contributed by atoms with van der Waals surface area (Å²) in [7, 11) is 0. The van der Waals surface area contributed by atoms with Gasteiger partial charge in [-0.05, 0) is 92.9 Å². The predicted molar refractivity (Wildman–Crippen MR) is 128 cm³/mol. The van der Waals surface area contributed by atoms with Crippen LogP contribution in [0.3, 0.4) is 0 Å². The summed E-state index contributed by atoms with van der Waals surface area (Å²) in [5.74, 6) is 1.64. The summed E-state index contributed by atoms with van der Waals surface area (Å²) in [6.07, 6.45) is 4.09. The van der Waals surface area contributed by atoms with Crippen molar-refractivity contribution in [2.45, 2.75) is 25.7 Å². The average molecular weight is 728 g/mol. The van der Waals surface area contributed by atoms with Crippen LogP contribution in [0.25, 0.3) is 0 Å². The molecule has 0 aliphatic heterocycles. The molecule has 2 aromatic carbocycles. The third kappa shape index (κ3) is 6.05. The number of ether oxygens (including phenoxy) is 1. The van der Waals surface area contributed by atoms with Crippen LogP contribution in [0.1, 0.15) is 24.0 Å². The van der Waals surface area contributed by atoms with Crippen molar-refractivity contribution in [2.75, 3.05) is 10.7 Å². The molecule has 0 heterocycles. The van der Waals surface area contributed by atoms with E-state index < -0.39 is 0 Å². The van der Waals surface area contributed by atoms with Crippen LogP contribution < -0.4 is 4.74 Å². The van der Waals surface area contributed by atoms with Gasteiger partial charge >= 0.3 is 0 Å². The first kappa shape index (κ1) is 22.4. The quantitative estimate of drug-likeness (QED) is 0.247.